The van der Waals surface area contributed by atoms with Crippen LogP contribution in [0.2, 0.25) is 0 Å². The molecule has 6 heteroatoms. The third-order valence-electron chi connectivity index (χ3n) is 4.80. The summed E-state index contributed by atoms with van der Waals surface area (Å²) in [6, 6.07) is 19.4. The highest BCUT2D eigenvalue weighted by Gasteiger charge is 2.16. The number of para-hydroxylation sites is 2. The lowest BCUT2D eigenvalue weighted by Gasteiger charge is -2.11. The summed E-state index contributed by atoms with van der Waals surface area (Å²) < 4.78 is 20.9. The summed E-state index contributed by atoms with van der Waals surface area (Å²) in [5.74, 6) is 0.240. The predicted molar refractivity (Wildman–Crippen MR) is 115 cm³/mol. The van der Waals surface area contributed by atoms with E-state index in [1.165, 1.54) is 12.1 Å². The van der Waals surface area contributed by atoms with Crippen molar-refractivity contribution in [2.24, 2.45) is 0 Å². The highest BCUT2D eigenvalue weighted by atomic mass is 19.1. The number of anilines is 1. The van der Waals surface area contributed by atoms with E-state index in [1.807, 2.05) is 60.0 Å². The highest BCUT2D eigenvalue weighted by molar-refractivity contribution is 5.92. The molecule has 0 atom stereocenters. The van der Waals surface area contributed by atoms with E-state index in [2.05, 4.69) is 5.32 Å². The van der Waals surface area contributed by atoms with E-state index in [-0.39, 0.29) is 18.1 Å². The molecule has 2 aromatic heterocycles. The lowest BCUT2D eigenvalue weighted by molar-refractivity contribution is -0.116. The van der Waals surface area contributed by atoms with Crippen molar-refractivity contribution < 1.29 is 13.9 Å². The molecule has 0 saturated heterocycles. The van der Waals surface area contributed by atoms with Crippen LogP contribution in [0.1, 0.15) is 19.0 Å². The Bertz CT molecular complexity index is 1170. The molecule has 1 amide bonds. The van der Waals surface area contributed by atoms with Gasteiger partial charge in [-0.1, -0.05) is 18.2 Å². The number of fused-ring (bicyclic) bond motifs is 1. The maximum absolute atomic E-state index is 13.4. The third kappa shape index (κ3) is 4.17. The van der Waals surface area contributed by atoms with E-state index < -0.39 is 0 Å². The number of carbonyl (C=O) groups is 1. The Morgan fingerprint density at radius 3 is 2.63 bits per heavy atom. The van der Waals surface area contributed by atoms with Crippen LogP contribution in [0.25, 0.3) is 16.9 Å². The topological polar surface area (TPSA) is 55.6 Å². The molecular formula is C24H22FN3O2. The number of nitrogens with zero attached hydrogens (tertiary/aromatic N) is 2. The molecule has 4 rings (SSSR count). The molecule has 0 aliphatic carbocycles. The van der Waals surface area contributed by atoms with Gasteiger partial charge in [-0.3, -0.25) is 4.79 Å². The molecule has 0 spiro atoms. The Labute approximate surface area is 174 Å². The van der Waals surface area contributed by atoms with Crippen molar-refractivity contribution in [2.45, 2.75) is 19.8 Å². The zero-order valence-corrected chi connectivity index (χ0v) is 16.6. The number of carbonyl (C=O) groups excluding carboxylic acids is 1. The molecule has 1 N–H and O–H groups in total. The minimum atomic E-state index is -0.295. The summed E-state index contributed by atoms with van der Waals surface area (Å²) in [5.41, 5.74) is 3.92. The number of rotatable bonds is 7. The molecule has 5 nitrogen and oxygen atoms in total. The number of hydrogen-bond donors (Lipinski definition) is 1. The summed E-state index contributed by atoms with van der Waals surface area (Å²) in [6.45, 7) is 2.43. The minimum absolute atomic E-state index is 0.113. The van der Waals surface area contributed by atoms with Crippen molar-refractivity contribution in [1.29, 1.82) is 0 Å². The molecule has 152 valence electrons. The number of ether oxygens (including phenoxy) is 1. The number of imidazole rings is 1. The van der Waals surface area contributed by atoms with Crippen LogP contribution in [0, 0.1) is 5.82 Å². The van der Waals surface area contributed by atoms with Gasteiger partial charge in [0.05, 0.1) is 23.7 Å². The molecule has 0 unspecified atom stereocenters. The van der Waals surface area contributed by atoms with E-state index in [9.17, 15) is 9.18 Å². The van der Waals surface area contributed by atoms with Crippen LogP contribution < -0.4 is 10.1 Å². The highest BCUT2D eigenvalue weighted by Crippen LogP contribution is 2.27. The number of aryl methyl sites for hydroxylation is 1. The third-order valence-corrected chi connectivity index (χ3v) is 4.80. The molecule has 2 aromatic carbocycles. The van der Waals surface area contributed by atoms with Crippen LogP contribution in [0.5, 0.6) is 5.75 Å². The van der Waals surface area contributed by atoms with Crippen molar-refractivity contribution in [1.82, 2.24) is 9.38 Å². The van der Waals surface area contributed by atoms with E-state index in [1.54, 1.807) is 12.1 Å². The molecule has 30 heavy (non-hydrogen) atoms. The molecule has 0 fully saturated rings. The maximum atomic E-state index is 13.4. The number of aromatic nitrogens is 2. The Kier molecular flexibility index (Phi) is 5.75. The van der Waals surface area contributed by atoms with E-state index >= 15 is 0 Å². The first-order valence-electron chi connectivity index (χ1n) is 9.89. The monoisotopic (exact) mass is 403 g/mol. The number of benzene rings is 2. The molecule has 0 aliphatic heterocycles. The minimum Gasteiger partial charge on any atom is -0.492 e. The molecule has 0 saturated carbocycles. The number of pyridine rings is 1. The van der Waals surface area contributed by atoms with Crippen molar-refractivity contribution >= 4 is 17.2 Å². The summed E-state index contributed by atoms with van der Waals surface area (Å²) in [5, 5.41) is 2.93. The smallest absolute Gasteiger partial charge is 0.224 e. The SMILES string of the molecule is CCOc1ccccc1NC(=O)CCc1c(-c2ccc(F)cc2)nc2ccccn12. The largest absolute Gasteiger partial charge is 0.492 e. The Hall–Kier alpha value is -3.67. The van der Waals surface area contributed by atoms with Crippen molar-refractivity contribution in [3.8, 4) is 17.0 Å². The van der Waals surface area contributed by atoms with Crippen molar-refractivity contribution in [2.75, 3.05) is 11.9 Å². The van der Waals surface area contributed by atoms with E-state index in [0.717, 1.165) is 22.6 Å². The lowest BCUT2D eigenvalue weighted by atomic mass is 10.1. The average molecular weight is 403 g/mol. The van der Waals surface area contributed by atoms with Crippen molar-refractivity contribution in [3.05, 3.63) is 84.4 Å². The van der Waals surface area contributed by atoms with Crippen LogP contribution in [0.4, 0.5) is 10.1 Å². The Balaban J connectivity index is 1.57. The molecule has 2 heterocycles. The number of nitrogens with one attached hydrogen (secondary N) is 1. The number of amides is 1. The van der Waals surface area contributed by atoms with Crippen LogP contribution >= 0.6 is 0 Å². The van der Waals surface area contributed by atoms with Gasteiger partial charge in [0.2, 0.25) is 5.91 Å². The molecule has 0 radical (unpaired) electrons. The Morgan fingerprint density at radius 2 is 1.83 bits per heavy atom. The number of hydrogen-bond acceptors (Lipinski definition) is 3. The van der Waals surface area contributed by atoms with Gasteiger partial charge in [-0.05, 0) is 61.9 Å². The van der Waals surface area contributed by atoms with Gasteiger partial charge in [0.25, 0.3) is 0 Å². The fourth-order valence-electron chi connectivity index (χ4n) is 3.42. The van der Waals surface area contributed by atoms with Gasteiger partial charge in [0, 0.05) is 18.2 Å². The van der Waals surface area contributed by atoms with Gasteiger partial charge < -0.3 is 14.5 Å². The summed E-state index contributed by atoms with van der Waals surface area (Å²) in [4.78, 5) is 17.3. The van der Waals surface area contributed by atoms with Gasteiger partial charge in [0.1, 0.15) is 17.2 Å². The Morgan fingerprint density at radius 1 is 1.07 bits per heavy atom. The second-order valence-corrected chi connectivity index (χ2v) is 6.82. The molecular weight excluding hydrogens is 381 g/mol. The lowest BCUT2D eigenvalue weighted by Crippen LogP contribution is -2.14. The molecule has 0 aliphatic rings. The van der Waals surface area contributed by atoms with Gasteiger partial charge >= 0.3 is 0 Å². The van der Waals surface area contributed by atoms with Crippen LogP contribution in [0.15, 0.2) is 72.9 Å². The fraction of sp³-hybridized carbons (Fsp3) is 0.167. The molecule has 0 bridgehead atoms. The van der Waals surface area contributed by atoms with Crippen molar-refractivity contribution in [3.63, 3.8) is 0 Å². The van der Waals surface area contributed by atoms with E-state index in [0.29, 0.717) is 24.5 Å². The van der Waals surface area contributed by atoms with Crippen LogP contribution in [0.3, 0.4) is 0 Å². The first kappa shape index (κ1) is 19.6. The predicted octanol–water partition coefficient (Wildman–Crippen LogP) is 5.11. The molecule has 4 aromatic rings. The van der Waals surface area contributed by atoms with Gasteiger partial charge in [0.15, 0.2) is 0 Å². The summed E-state index contributed by atoms with van der Waals surface area (Å²) in [6.07, 6.45) is 2.69. The average Bonchev–Trinajstić information content (AvgIpc) is 3.13. The van der Waals surface area contributed by atoms with Crippen LogP contribution in [-0.2, 0) is 11.2 Å². The normalized spacial score (nSPS) is 10.9. The number of halogens is 1. The summed E-state index contributed by atoms with van der Waals surface area (Å²) >= 11 is 0. The first-order chi connectivity index (χ1) is 14.7. The summed E-state index contributed by atoms with van der Waals surface area (Å²) in [7, 11) is 0. The zero-order valence-electron chi connectivity index (χ0n) is 16.6. The first-order valence-corrected chi connectivity index (χ1v) is 9.89. The van der Waals surface area contributed by atoms with Crippen LogP contribution in [-0.4, -0.2) is 21.9 Å². The second kappa shape index (κ2) is 8.78. The van der Waals surface area contributed by atoms with Gasteiger partial charge in [-0.25, -0.2) is 9.37 Å². The van der Waals surface area contributed by atoms with Gasteiger partial charge in [-0.15, -0.1) is 0 Å². The standard InChI is InChI=1S/C24H22FN3O2/c1-2-30-21-8-4-3-7-19(21)26-23(29)15-14-20-24(17-10-12-18(25)13-11-17)27-22-9-5-6-16-28(20)22/h3-13,16H,2,14-15H2,1H3,(H,26,29). The quantitative estimate of drug-likeness (QED) is 0.466. The second-order valence-electron chi connectivity index (χ2n) is 6.82. The zero-order chi connectivity index (χ0) is 20.9. The maximum Gasteiger partial charge on any atom is 0.224 e. The fourth-order valence-corrected chi connectivity index (χ4v) is 3.42. The van der Waals surface area contributed by atoms with E-state index in [4.69, 9.17) is 9.72 Å². The van der Waals surface area contributed by atoms with Gasteiger partial charge in [-0.2, -0.15) is 0 Å².